The van der Waals surface area contributed by atoms with Gasteiger partial charge in [-0.25, -0.2) is 14.4 Å². The van der Waals surface area contributed by atoms with Gasteiger partial charge in [0.05, 0.1) is 33.4 Å². The van der Waals surface area contributed by atoms with E-state index in [4.69, 9.17) is 28.4 Å². The zero-order valence-electron chi connectivity index (χ0n) is 31.3. The Hall–Kier alpha value is -3.37. The molecule has 0 spiro atoms. The molecule has 0 aromatic heterocycles. The normalized spacial score (nSPS) is 12.0. The van der Waals surface area contributed by atoms with Crippen molar-refractivity contribution in [2.24, 2.45) is 0 Å². The summed E-state index contributed by atoms with van der Waals surface area (Å²) in [5, 5.41) is 10.9. The number of carbonyl (C=O) groups is 5. The quantitative estimate of drug-likeness (QED) is 0.0726. The van der Waals surface area contributed by atoms with E-state index in [2.05, 4.69) is 26.0 Å². The zero-order chi connectivity index (χ0) is 37.6. The van der Waals surface area contributed by atoms with Gasteiger partial charge in [0.2, 0.25) is 5.91 Å². The third-order valence-electron chi connectivity index (χ3n) is 5.72. The predicted molar refractivity (Wildman–Crippen MR) is 181 cm³/mol. The summed E-state index contributed by atoms with van der Waals surface area (Å²) in [4.78, 5) is 60.5. The molecule has 0 aliphatic heterocycles. The fourth-order valence-electron chi connectivity index (χ4n) is 3.75. The van der Waals surface area contributed by atoms with Crippen LogP contribution in [0.4, 0.5) is 14.4 Å². The molecule has 0 saturated heterocycles. The van der Waals surface area contributed by atoms with Crippen molar-refractivity contribution in [1.82, 2.24) is 21.3 Å². The van der Waals surface area contributed by atoms with E-state index in [-0.39, 0.29) is 52.5 Å². The molecule has 0 aromatic carbocycles. The first-order chi connectivity index (χ1) is 22.7. The minimum Gasteiger partial charge on any atom is -0.469 e. The van der Waals surface area contributed by atoms with Gasteiger partial charge in [-0.1, -0.05) is 0 Å². The number of rotatable bonds is 22. The molecule has 0 atom stereocenters. The predicted octanol–water partition coefficient (Wildman–Crippen LogP) is 3.59. The van der Waals surface area contributed by atoms with E-state index in [0.29, 0.717) is 38.9 Å². The number of carbonyl (C=O) groups excluding carboxylic acids is 5. The number of alkyl carbamates (subject to hydrolysis) is 3. The van der Waals surface area contributed by atoms with Crippen LogP contribution in [-0.4, -0.2) is 119 Å². The molecule has 0 heterocycles. The second-order valence-electron chi connectivity index (χ2n) is 14.4. The van der Waals surface area contributed by atoms with Crippen LogP contribution in [0.2, 0.25) is 0 Å². The van der Waals surface area contributed by atoms with Gasteiger partial charge in [-0.05, 0) is 81.6 Å². The highest BCUT2D eigenvalue weighted by Gasteiger charge is 2.34. The van der Waals surface area contributed by atoms with Crippen molar-refractivity contribution in [3.05, 3.63) is 0 Å². The largest absolute Gasteiger partial charge is 0.469 e. The van der Waals surface area contributed by atoms with Crippen LogP contribution >= 0.6 is 0 Å². The molecule has 0 fully saturated rings. The van der Waals surface area contributed by atoms with Gasteiger partial charge in [0.1, 0.15) is 22.3 Å². The van der Waals surface area contributed by atoms with Crippen molar-refractivity contribution in [2.45, 2.75) is 117 Å². The SMILES string of the molecule is COC(=O)CCC(=O)NC(COCCCNC(=O)OC(C)(C)C)(COCCCNC(=O)OC(C)(C)C)COCCCNC(=O)OC(C)(C)C. The van der Waals surface area contributed by atoms with E-state index in [1.165, 1.54) is 7.11 Å². The Morgan fingerprint density at radius 3 is 1.12 bits per heavy atom. The summed E-state index contributed by atoms with van der Waals surface area (Å²) >= 11 is 0. The van der Waals surface area contributed by atoms with Gasteiger partial charge in [0.25, 0.3) is 0 Å². The van der Waals surface area contributed by atoms with Crippen molar-refractivity contribution >= 4 is 30.2 Å². The lowest BCUT2D eigenvalue weighted by molar-refractivity contribution is -0.142. The molecule has 0 bridgehead atoms. The third-order valence-corrected chi connectivity index (χ3v) is 5.72. The second kappa shape index (κ2) is 23.1. The monoisotopic (exact) mass is 706 g/mol. The van der Waals surface area contributed by atoms with Gasteiger partial charge >= 0.3 is 24.2 Å². The Balaban J connectivity index is 5.40. The van der Waals surface area contributed by atoms with Crippen LogP contribution in [0.15, 0.2) is 0 Å². The summed E-state index contributed by atoms with van der Waals surface area (Å²) in [5.74, 6) is -0.970. The Morgan fingerprint density at radius 2 is 0.837 bits per heavy atom. The number of methoxy groups -OCH3 is 1. The minimum absolute atomic E-state index is 0.0181. The number of hydrogen-bond acceptors (Lipinski definition) is 12. The maximum absolute atomic E-state index is 13.0. The van der Waals surface area contributed by atoms with Crippen LogP contribution in [0.1, 0.15) is 94.4 Å². The van der Waals surface area contributed by atoms with Gasteiger partial charge in [-0.3, -0.25) is 9.59 Å². The highest BCUT2D eigenvalue weighted by molar-refractivity contribution is 5.81. The van der Waals surface area contributed by atoms with Crippen molar-refractivity contribution in [3.8, 4) is 0 Å². The number of esters is 1. The average Bonchev–Trinajstić information content (AvgIpc) is 2.94. The highest BCUT2D eigenvalue weighted by Crippen LogP contribution is 2.12. The van der Waals surface area contributed by atoms with Crippen LogP contribution < -0.4 is 21.3 Å². The topological polar surface area (TPSA) is 198 Å². The summed E-state index contributed by atoms with van der Waals surface area (Å²) in [7, 11) is 1.24. The van der Waals surface area contributed by atoms with Crippen molar-refractivity contribution in [1.29, 1.82) is 0 Å². The molecule has 16 nitrogen and oxygen atoms in total. The molecule has 286 valence electrons. The average molecular weight is 707 g/mol. The molecular weight excluding hydrogens is 644 g/mol. The summed E-state index contributed by atoms with van der Waals surface area (Å²) in [5.41, 5.74) is -3.03. The molecule has 0 radical (unpaired) electrons. The van der Waals surface area contributed by atoms with Gasteiger partial charge < -0.3 is 54.4 Å². The van der Waals surface area contributed by atoms with Crippen LogP contribution in [0, 0.1) is 0 Å². The first kappa shape index (κ1) is 45.6. The lowest BCUT2D eigenvalue weighted by Crippen LogP contribution is -2.58. The Kier molecular flexibility index (Phi) is 21.5. The molecule has 0 aliphatic carbocycles. The van der Waals surface area contributed by atoms with Gasteiger partial charge in [0.15, 0.2) is 0 Å². The first-order valence-electron chi connectivity index (χ1n) is 16.7. The van der Waals surface area contributed by atoms with E-state index in [1.54, 1.807) is 62.3 Å². The maximum Gasteiger partial charge on any atom is 0.407 e. The Labute approximate surface area is 291 Å². The zero-order valence-corrected chi connectivity index (χ0v) is 31.3. The molecular formula is C33H62N4O12. The summed E-state index contributed by atoms with van der Waals surface area (Å²) in [6.07, 6.45) is -0.492. The maximum atomic E-state index is 13.0. The van der Waals surface area contributed by atoms with Gasteiger partial charge in [-0.15, -0.1) is 0 Å². The van der Waals surface area contributed by atoms with E-state index >= 15 is 0 Å². The number of ether oxygens (including phenoxy) is 7. The highest BCUT2D eigenvalue weighted by atomic mass is 16.6. The van der Waals surface area contributed by atoms with E-state index in [9.17, 15) is 24.0 Å². The van der Waals surface area contributed by atoms with E-state index in [1.807, 2.05) is 0 Å². The molecule has 0 aromatic rings. The first-order valence-corrected chi connectivity index (χ1v) is 16.7. The fraction of sp³-hybridized carbons (Fsp3) is 0.848. The summed E-state index contributed by atoms with van der Waals surface area (Å²) < 4.78 is 38.2. The molecule has 4 amide bonds. The van der Waals surface area contributed by atoms with E-state index in [0.717, 1.165) is 0 Å². The van der Waals surface area contributed by atoms with Crippen LogP contribution in [-0.2, 0) is 42.7 Å². The van der Waals surface area contributed by atoms with Gasteiger partial charge in [0, 0.05) is 45.9 Å². The van der Waals surface area contributed by atoms with Crippen LogP contribution in [0.3, 0.4) is 0 Å². The molecule has 4 N–H and O–H groups in total. The number of hydrogen-bond donors (Lipinski definition) is 4. The van der Waals surface area contributed by atoms with Crippen molar-refractivity contribution in [3.63, 3.8) is 0 Å². The Morgan fingerprint density at radius 1 is 0.510 bits per heavy atom. The minimum atomic E-state index is -1.16. The number of amides is 4. The second-order valence-corrected chi connectivity index (χ2v) is 14.4. The molecule has 49 heavy (non-hydrogen) atoms. The summed E-state index contributed by atoms with van der Waals surface area (Å²) in [6.45, 7) is 17.5. The van der Waals surface area contributed by atoms with Gasteiger partial charge in [-0.2, -0.15) is 0 Å². The Bertz CT molecular complexity index is 905. The lowest BCUT2D eigenvalue weighted by Gasteiger charge is -2.34. The van der Waals surface area contributed by atoms with Crippen LogP contribution in [0.5, 0.6) is 0 Å². The van der Waals surface area contributed by atoms with Crippen molar-refractivity contribution < 1.29 is 57.1 Å². The smallest absolute Gasteiger partial charge is 0.407 e. The van der Waals surface area contributed by atoms with Crippen LogP contribution in [0.25, 0.3) is 0 Å². The fourth-order valence-corrected chi connectivity index (χ4v) is 3.75. The third kappa shape index (κ3) is 28.2. The number of nitrogens with one attached hydrogen (secondary N) is 4. The molecule has 0 aliphatic rings. The van der Waals surface area contributed by atoms with Crippen molar-refractivity contribution in [2.75, 3.05) is 66.4 Å². The lowest BCUT2D eigenvalue weighted by atomic mass is 10.0. The molecule has 0 rings (SSSR count). The van der Waals surface area contributed by atoms with E-state index < -0.39 is 52.5 Å². The molecule has 16 heteroatoms. The standard InChI is InChI=1S/C33H62N4O12/c1-30(2,3)47-27(40)34-16-11-19-44-22-33(37-25(38)14-15-26(39)43-10,23-45-20-12-17-35-28(41)48-31(4,5)6)24-46-21-13-18-36-29(42)49-32(7,8)9/h11-24H2,1-10H3,(H,34,40)(H,35,41)(H,36,42)(H,37,38). The molecule has 0 unspecified atom stereocenters. The molecule has 0 saturated carbocycles. The summed E-state index contributed by atoms with van der Waals surface area (Å²) in [6, 6.07) is 0.